The molecule has 1 aromatic carbocycles. The number of halogens is 39. The van der Waals surface area contributed by atoms with Crippen molar-refractivity contribution in [3.63, 3.8) is 0 Å². The molecule has 0 atom stereocenters. The van der Waals surface area contributed by atoms with Crippen LogP contribution in [0.2, 0.25) is 13.3 Å². The number of nitrogens with zero attached hydrogens (tertiary/aromatic N) is 1. The van der Waals surface area contributed by atoms with E-state index in [-0.39, 0.29) is 24.3 Å². The predicted molar refractivity (Wildman–Crippen MR) is 167 cm³/mol. The van der Waals surface area contributed by atoms with Crippen molar-refractivity contribution in [2.45, 2.75) is 140 Å². The molecular formula is C32H22F39NSn. The normalized spacial score (nSPS) is 16.3. The number of hydrogen-bond donors (Lipinski definition) is 0. The molecule has 0 aliphatic rings. The predicted octanol–water partition coefficient (Wildman–Crippen LogP) is 15.8. The summed E-state index contributed by atoms with van der Waals surface area (Å²) in [6, 6.07) is 0.284. The monoisotopic (exact) mass is 1280 g/mol. The van der Waals surface area contributed by atoms with Crippen molar-refractivity contribution in [2.75, 3.05) is 19.0 Å². The number of alkyl halides is 39. The summed E-state index contributed by atoms with van der Waals surface area (Å²) in [7, 11) is 1.79. The molecule has 0 aromatic heterocycles. The number of hydrogen-bond acceptors (Lipinski definition) is 1. The summed E-state index contributed by atoms with van der Waals surface area (Å²) in [5.41, 5.74) is -0.526. The van der Waals surface area contributed by atoms with Crippen LogP contribution in [0.5, 0.6) is 0 Å². The average molecular weight is 1280 g/mol. The Morgan fingerprint density at radius 3 is 0.616 bits per heavy atom. The van der Waals surface area contributed by atoms with Gasteiger partial charge in [0.1, 0.15) is 0 Å². The first-order valence-corrected chi connectivity index (χ1v) is 25.4. The van der Waals surface area contributed by atoms with E-state index >= 15 is 26.3 Å². The van der Waals surface area contributed by atoms with Crippen LogP contribution in [-0.4, -0.2) is 140 Å². The number of anilines is 1. The molecule has 0 saturated heterocycles. The molecule has 0 bridgehead atoms. The van der Waals surface area contributed by atoms with Gasteiger partial charge in [0.25, 0.3) is 0 Å². The van der Waals surface area contributed by atoms with Crippen LogP contribution in [0.1, 0.15) is 19.3 Å². The molecule has 0 radical (unpaired) electrons. The van der Waals surface area contributed by atoms with Gasteiger partial charge in [-0.05, 0) is 0 Å². The zero-order valence-corrected chi connectivity index (χ0v) is 37.1. The summed E-state index contributed by atoms with van der Waals surface area (Å²) < 4.78 is 531. The molecule has 0 aliphatic heterocycles. The Morgan fingerprint density at radius 1 is 0.274 bits per heavy atom. The third kappa shape index (κ3) is 10.4. The van der Waals surface area contributed by atoms with Gasteiger partial charge in [-0.15, -0.1) is 0 Å². The Morgan fingerprint density at radius 2 is 0.452 bits per heavy atom. The van der Waals surface area contributed by atoms with Gasteiger partial charge in [0.2, 0.25) is 0 Å². The Kier molecular flexibility index (Phi) is 17.7. The van der Waals surface area contributed by atoms with Gasteiger partial charge in [-0.1, -0.05) is 0 Å². The van der Waals surface area contributed by atoms with E-state index in [9.17, 15) is 145 Å². The van der Waals surface area contributed by atoms with Crippen LogP contribution in [0.4, 0.5) is 177 Å². The summed E-state index contributed by atoms with van der Waals surface area (Å²) in [4.78, 5) is 0.760. The fourth-order valence-corrected chi connectivity index (χ4v) is 19.9. The SMILES string of the molecule is CN(C)c1cc[c]([Sn]([CH2]CC(F)(F)C(F)(F)C(F)(F)C(F)(F)C(F)(F)C(F)(F)F)([CH2]CC(F)(F)C(F)(F)C(F)(F)C(F)(F)C(F)(F)C(F)(F)F)[CH2]CC(F)(F)C(F)(F)C(F)(F)C(F)(F)C(F)(F)C(F)(F)F)cc1. The van der Waals surface area contributed by atoms with E-state index in [4.69, 9.17) is 0 Å². The minimum absolute atomic E-state index is 0.111. The van der Waals surface area contributed by atoms with Crippen molar-refractivity contribution in [1.29, 1.82) is 0 Å². The fraction of sp³-hybridized carbons (Fsp3) is 0.812. The molecule has 0 spiro atoms. The molecule has 1 rings (SSSR count). The second-order valence-corrected chi connectivity index (χ2v) is 29.0. The van der Waals surface area contributed by atoms with Crippen molar-refractivity contribution in [2.24, 2.45) is 0 Å². The number of benzene rings is 1. The molecule has 0 saturated carbocycles. The molecule has 1 aromatic rings. The molecule has 41 heteroatoms. The third-order valence-electron chi connectivity index (χ3n) is 10.7. The van der Waals surface area contributed by atoms with Crippen LogP contribution in [0.15, 0.2) is 24.3 Å². The summed E-state index contributed by atoms with van der Waals surface area (Å²) in [5, 5.41) is 0. The molecule has 0 aliphatic carbocycles. The van der Waals surface area contributed by atoms with Gasteiger partial charge in [0.15, 0.2) is 0 Å². The summed E-state index contributed by atoms with van der Waals surface area (Å²) >= 11 is -8.22. The van der Waals surface area contributed by atoms with E-state index in [1.807, 2.05) is 0 Å². The van der Waals surface area contributed by atoms with Gasteiger partial charge in [0.05, 0.1) is 0 Å². The molecule has 0 N–H and O–H groups in total. The molecule has 0 unspecified atom stereocenters. The van der Waals surface area contributed by atoms with E-state index in [2.05, 4.69) is 0 Å². The van der Waals surface area contributed by atoms with Crippen LogP contribution in [0, 0.1) is 0 Å². The van der Waals surface area contributed by atoms with E-state index in [0.29, 0.717) is 0 Å². The molecular weight excluding hydrogens is 1260 g/mol. The van der Waals surface area contributed by atoms with Gasteiger partial charge in [-0.2, -0.15) is 0 Å². The first-order valence-electron chi connectivity index (χ1n) is 17.9. The van der Waals surface area contributed by atoms with Crippen LogP contribution in [-0.2, 0) is 0 Å². The summed E-state index contributed by atoms with van der Waals surface area (Å²) in [6.45, 7) is 0. The number of rotatable bonds is 23. The van der Waals surface area contributed by atoms with Crippen LogP contribution in [0.25, 0.3) is 0 Å². The zero-order valence-electron chi connectivity index (χ0n) is 34.2. The fourth-order valence-electron chi connectivity index (χ4n) is 5.99. The first-order chi connectivity index (χ1) is 31.3. The average Bonchev–Trinajstić information content (AvgIpc) is 3.18. The van der Waals surface area contributed by atoms with Crippen molar-refractivity contribution in [3.8, 4) is 0 Å². The standard InChI is InChI=1S/3C8H4F13.C8H10N.Sn/c3*1-2-3(9,10)4(11,12)5(13,14)6(15,16)7(17,18)8(19,20)21;1-9(2)8-6-4-3-5-7-8;/h3*1-2H2;4-7H,1-2H3;. The Bertz CT molecular complexity index is 1850. The maximum atomic E-state index is 15.2. The second kappa shape index (κ2) is 18.9. The van der Waals surface area contributed by atoms with Crippen LogP contribution >= 0.6 is 0 Å². The van der Waals surface area contributed by atoms with Crippen molar-refractivity contribution in [3.05, 3.63) is 24.3 Å². The maximum absolute atomic E-state index is 15.2. The van der Waals surface area contributed by atoms with Gasteiger partial charge in [-0.3, -0.25) is 0 Å². The first kappa shape index (κ1) is 68.1. The van der Waals surface area contributed by atoms with Crippen LogP contribution < -0.4 is 8.48 Å². The molecule has 0 fully saturated rings. The molecule has 73 heavy (non-hydrogen) atoms. The topological polar surface area (TPSA) is 3.24 Å². The molecule has 0 amide bonds. The van der Waals surface area contributed by atoms with E-state index in [1.165, 1.54) is 0 Å². The van der Waals surface area contributed by atoms with E-state index < -0.39 is 168 Å². The van der Waals surface area contributed by atoms with Gasteiger partial charge in [0, 0.05) is 0 Å². The molecule has 1 nitrogen and oxygen atoms in total. The van der Waals surface area contributed by atoms with Gasteiger partial charge in [-0.25, -0.2) is 0 Å². The third-order valence-corrected chi connectivity index (χ3v) is 25.5. The Balaban J connectivity index is 4.53. The molecule has 0 heterocycles. The zero-order chi connectivity index (χ0) is 59.3. The van der Waals surface area contributed by atoms with Gasteiger partial charge < -0.3 is 0 Å². The Labute approximate surface area is 382 Å². The van der Waals surface area contributed by atoms with Crippen molar-refractivity contribution >= 4 is 27.6 Å². The summed E-state index contributed by atoms with van der Waals surface area (Å²) in [5.74, 6) is -127. The van der Waals surface area contributed by atoms with Gasteiger partial charge >= 0.3 is 382 Å². The van der Waals surface area contributed by atoms with Crippen molar-refractivity contribution < 1.29 is 171 Å². The Hall–Kier alpha value is -2.91. The van der Waals surface area contributed by atoms with Crippen LogP contribution in [0.3, 0.4) is 0 Å². The van der Waals surface area contributed by atoms with Crippen molar-refractivity contribution in [1.82, 2.24) is 0 Å². The molecule has 432 valence electrons. The quantitative estimate of drug-likeness (QED) is 0.0780. The summed E-state index contributed by atoms with van der Waals surface area (Å²) in [6.07, 6.45) is -36.5. The van der Waals surface area contributed by atoms with E-state index in [1.54, 1.807) is 0 Å². The second-order valence-electron chi connectivity index (χ2n) is 15.7. The minimum atomic E-state index is -8.87. The van der Waals surface area contributed by atoms with E-state index in [0.717, 1.165) is 19.0 Å².